The van der Waals surface area contributed by atoms with Gasteiger partial charge in [-0.05, 0) is 140 Å². The molecule has 0 saturated heterocycles. The van der Waals surface area contributed by atoms with Crippen molar-refractivity contribution in [1.82, 2.24) is 0 Å². The van der Waals surface area contributed by atoms with E-state index in [4.69, 9.17) is 54.8 Å². The van der Waals surface area contributed by atoms with Gasteiger partial charge in [0.15, 0.2) is 35.2 Å². The summed E-state index contributed by atoms with van der Waals surface area (Å²) in [6, 6.07) is 32.5. The summed E-state index contributed by atoms with van der Waals surface area (Å²) in [5.41, 5.74) is 5.53. The van der Waals surface area contributed by atoms with Crippen LogP contribution in [0.5, 0.6) is 57.5 Å². The minimum Gasteiger partial charge on any atom is -0.497 e. The van der Waals surface area contributed by atoms with Gasteiger partial charge in [0, 0.05) is 34.8 Å². The molecule has 71 heavy (non-hydrogen) atoms. The largest absolute Gasteiger partial charge is 0.497 e. The van der Waals surface area contributed by atoms with Crippen LogP contribution in [0.4, 0.5) is 0 Å². The third-order valence-corrected chi connectivity index (χ3v) is 12.1. The number of esters is 1. The molecule has 0 spiro atoms. The van der Waals surface area contributed by atoms with E-state index in [0.717, 1.165) is 21.2 Å². The van der Waals surface area contributed by atoms with E-state index in [1.165, 1.54) is 21.6 Å². The summed E-state index contributed by atoms with van der Waals surface area (Å²) >= 11 is 3.58. The lowest BCUT2D eigenvalue weighted by atomic mass is 9.85. The van der Waals surface area contributed by atoms with E-state index in [9.17, 15) is 14.7 Å². The van der Waals surface area contributed by atoms with Crippen LogP contribution >= 0.6 is 15.9 Å². The minimum atomic E-state index is -1.13. The Morgan fingerprint density at radius 3 is 1.58 bits per heavy atom. The predicted octanol–water partition coefficient (Wildman–Crippen LogP) is 11.9. The van der Waals surface area contributed by atoms with Crippen LogP contribution in [-0.4, -0.2) is 64.2 Å². The zero-order chi connectivity index (χ0) is 52.1. The maximum Gasteiger partial charge on any atom is 0.338 e. The summed E-state index contributed by atoms with van der Waals surface area (Å²) in [4.78, 5) is 26.1. The van der Waals surface area contributed by atoms with Crippen molar-refractivity contribution in [2.24, 2.45) is 0 Å². The number of halogens is 1. The average Bonchev–Trinajstić information content (AvgIpc) is 4.07. The molecule has 0 unspecified atom stereocenters. The van der Waals surface area contributed by atoms with Gasteiger partial charge in [0.1, 0.15) is 34.5 Å². The number of rotatable bonds is 12. The lowest BCUT2D eigenvalue weighted by molar-refractivity contribution is -0.137. The first-order chi connectivity index (χ1) is 35.2. The molecule has 10 rings (SSSR count). The smallest absolute Gasteiger partial charge is 0.338 e. The molecule has 15 heteroatoms. The Bertz CT molecular complexity index is 3130. The highest BCUT2D eigenvalue weighted by atomic mass is 79.9. The topological polar surface area (TPSA) is 156 Å². The summed E-state index contributed by atoms with van der Waals surface area (Å²) in [5, 5.41) is 10.4. The van der Waals surface area contributed by atoms with Gasteiger partial charge in [0.25, 0.3) is 0 Å². The van der Waals surface area contributed by atoms with Gasteiger partial charge in [-0.3, -0.25) is 0 Å². The maximum atomic E-state index is 13.4. The van der Waals surface area contributed by atoms with Crippen LogP contribution in [0.25, 0.3) is 11.1 Å². The van der Waals surface area contributed by atoms with Crippen molar-refractivity contribution in [2.75, 3.05) is 34.9 Å². The van der Waals surface area contributed by atoms with Gasteiger partial charge < -0.3 is 57.2 Å². The normalized spacial score (nSPS) is 16.1. The zero-order valence-corrected chi connectivity index (χ0v) is 41.8. The molecule has 0 amide bonds. The molecule has 6 aromatic rings. The van der Waals surface area contributed by atoms with E-state index in [-0.39, 0.29) is 37.4 Å². The standard InChI is InChI=1S/C28H25BrO7.C27H24O7.CH4/c1-15(2)35-18-7-10-21-19(13-18)25(16-5-8-22(31-3)20(29)11-16)26(28(30)32-4)27(36-21)17-6-9-23-24(12-17)34-14-33-23;1-15(2)33-19-9-11-21-20(13-19)24(16-4-7-18(30-3)8-5-16)25(27(28)29)26(34-21)17-6-10-22-23(12-17)32-14-31-22;/h5-13,15,27H,14H2,1-4H3;4-13,15,26H,14H2,1-3H3,(H,28,29);1H4/t27-;26-;/m11./s1/i;7T;1T. The Morgan fingerprint density at radius 2 is 1.10 bits per heavy atom. The second kappa shape index (κ2) is 21.1. The molecular weight excluding hydrogens is 977 g/mol. The number of carboxylic acid groups (broad SMARTS) is 1. The van der Waals surface area contributed by atoms with Crippen molar-refractivity contribution in [3.05, 3.63) is 164 Å². The van der Waals surface area contributed by atoms with E-state index in [1.807, 2.05) is 82.3 Å². The van der Waals surface area contributed by atoms with E-state index < -0.39 is 24.1 Å². The summed E-state index contributed by atoms with van der Waals surface area (Å²) in [5.74, 6) is 4.18. The van der Waals surface area contributed by atoms with Gasteiger partial charge >= 0.3 is 11.9 Å². The Balaban J connectivity index is 0.000000189. The number of hydrogen-bond donors (Lipinski definition) is 1. The number of carboxylic acids is 1. The number of aliphatic carboxylic acids is 1. The third kappa shape index (κ3) is 10.1. The number of methoxy groups -OCH3 is 3. The molecule has 0 fully saturated rings. The first-order valence-electron chi connectivity index (χ1n) is 23.8. The molecule has 2 atom stereocenters. The van der Waals surface area contributed by atoms with Crippen molar-refractivity contribution < 1.29 is 69.5 Å². The number of ether oxygens (including phenoxy) is 11. The molecule has 4 heterocycles. The Hall–Kier alpha value is -7.78. The average molecular weight is 1030 g/mol. The Morgan fingerprint density at radius 1 is 0.606 bits per heavy atom. The number of carbonyl (C=O) groups is 2. The second-order valence-electron chi connectivity index (χ2n) is 16.7. The zero-order valence-electron chi connectivity index (χ0n) is 42.2. The fourth-order valence-electron chi connectivity index (χ4n) is 8.53. The molecular formula is C56H53BrO14. The van der Waals surface area contributed by atoms with Gasteiger partial charge in [-0.1, -0.05) is 37.7 Å². The first kappa shape index (κ1) is 46.9. The van der Waals surface area contributed by atoms with Crippen LogP contribution in [-0.2, 0) is 14.3 Å². The van der Waals surface area contributed by atoms with E-state index in [2.05, 4.69) is 15.9 Å². The van der Waals surface area contributed by atoms with Gasteiger partial charge in [-0.25, -0.2) is 9.59 Å². The summed E-state index contributed by atoms with van der Waals surface area (Å²) in [6.07, 6.45) is -1.74. The van der Waals surface area contributed by atoms with E-state index in [1.54, 1.807) is 61.7 Å². The molecule has 368 valence electrons. The molecule has 0 bridgehead atoms. The van der Waals surface area contributed by atoms with Gasteiger partial charge in [0.05, 0.1) is 50.5 Å². The molecule has 0 radical (unpaired) electrons. The molecule has 0 saturated carbocycles. The van der Waals surface area contributed by atoms with Crippen molar-refractivity contribution in [1.29, 1.82) is 0 Å². The Labute approximate surface area is 423 Å². The monoisotopic (exact) mass is 1030 g/mol. The number of hydrogen-bond acceptors (Lipinski definition) is 13. The first-order valence-corrected chi connectivity index (χ1v) is 23.1. The van der Waals surface area contributed by atoms with E-state index >= 15 is 0 Å². The van der Waals surface area contributed by atoms with Crippen LogP contribution in [0, 0.1) is 0 Å². The Kier molecular flexibility index (Phi) is 13.9. The fourth-order valence-corrected chi connectivity index (χ4v) is 9.07. The van der Waals surface area contributed by atoms with Gasteiger partial charge in [-0.2, -0.15) is 0 Å². The van der Waals surface area contributed by atoms with Crippen molar-refractivity contribution in [3.8, 4) is 57.5 Å². The summed E-state index contributed by atoms with van der Waals surface area (Å²) in [6.45, 7) is 8.01. The molecule has 6 aromatic carbocycles. The van der Waals surface area contributed by atoms with Crippen LogP contribution in [0.1, 0.15) is 83.4 Å². The number of fused-ring (bicyclic) bond motifs is 4. The molecule has 4 aliphatic heterocycles. The highest BCUT2D eigenvalue weighted by Gasteiger charge is 2.38. The van der Waals surface area contributed by atoms with Crippen molar-refractivity contribution >= 4 is 39.0 Å². The minimum absolute atomic E-state index is 0.0171. The highest BCUT2D eigenvalue weighted by molar-refractivity contribution is 9.10. The van der Waals surface area contributed by atoms with Crippen LogP contribution in [0.15, 0.2) is 131 Å². The van der Waals surface area contributed by atoms with Crippen LogP contribution in [0.2, 0.25) is 0 Å². The molecule has 14 nitrogen and oxygen atoms in total. The van der Waals surface area contributed by atoms with Gasteiger partial charge in [-0.15, -0.1) is 0 Å². The maximum absolute atomic E-state index is 13.4. The molecule has 0 aromatic heterocycles. The van der Waals surface area contributed by atoms with Crippen molar-refractivity contribution in [3.63, 3.8) is 0 Å². The molecule has 1 N–H and O–H groups in total. The lowest BCUT2D eigenvalue weighted by Crippen LogP contribution is -2.24. The molecule has 4 aliphatic rings. The number of benzene rings is 6. The summed E-state index contributed by atoms with van der Waals surface area (Å²) < 4.78 is 77.3. The SMILES string of the molecule is COC(=O)C1=C(c2ccc(OC)c(Br)c2)c2cc(OC(C)C)ccc2O[C@@H]1c1ccc2c(c1)OCO2.[3H]C.[3H]c1cc(C2=C(C(=O)O)[C@@H](c3ccc4c(c3)OCO4)Oc3ccc(OC(C)C)cc32)ccc1OC. The predicted molar refractivity (Wildman–Crippen MR) is 268 cm³/mol. The highest BCUT2D eigenvalue weighted by Crippen LogP contribution is 2.50. The van der Waals surface area contributed by atoms with Crippen molar-refractivity contribution in [2.45, 2.75) is 59.5 Å². The van der Waals surface area contributed by atoms with Crippen LogP contribution in [0.3, 0.4) is 0 Å². The third-order valence-electron chi connectivity index (χ3n) is 11.5. The van der Waals surface area contributed by atoms with Crippen LogP contribution < -0.4 is 47.4 Å². The number of carbonyl (C=O) groups excluding carboxylic acids is 1. The molecule has 0 aliphatic carbocycles. The summed E-state index contributed by atoms with van der Waals surface area (Å²) in [7, 11) is 5.71. The van der Waals surface area contributed by atoms with E-state index in [0.29, 0.717) is 90.9 Å². The van der Waals surface area contributed by atoms with Gasteiger partial charge in [0.2, 0.25) is 13.6 Å². The second-order valence-corrected chi connectivity index (χ2v) is 17.6. The lowest BCUT2D eigenvalue weighted by Gasteiger charge is -2.31. The fraction of sp³-hybridized carbons (Fsp3) is 0.250. The quantitative estimate of drug-likeness (QED) is 0.116.